The molecule has 0 heterocycles. The molecule has 0 heteroatoms. The lowest BCUT2D eigenvalue weighted by Crippen LogP contribution is -2.49. The monoisotopic (exact) mass is 394 g/mol. The summed E-state index contributed by atoms with van der Waals surface area (Å²) in [5.74, 6) is 5.57. The number of fused-ring (bicyclic) bond motifs is 5. The van der Waals surface area contributed by atoms with Gasteiger partial charge in [-0.25, -0.2) is 0 Å². The lowest BCUT2D eigenvalue weighted by atomic mass is 9.47. The van der Waals surface area contributed by atoms with Crippen molar-refractivity contribution in [1.82, 2.24) is 0 Å². The summed E-state index contributed by atoms with van der Waals surface area (Å²) >= 11 is 0. The fraction of sp³-hybridized carbons (Fsp3) is 0.862. The first kappa shape index (κ1) is 20.4. The summed E-state index contributed by atoms with van der Waals surface area (Å²) in [4.78, 5) is 0. The Morgan fingerprint density at radius 2 is 1.72 bits per heavy atom. The molecule has 5 aliphatic carbocycles. The highest BCUT2D eigenvalue weighted by Crippen LogP contribution is 2.67. The van der Waals surface area contributed by atoms with E-state index in [9.17, 15) is 0 Å². The van der Waals surface area contributed by atoms with Crippen LogP contribution in [0.2, 0.25) is 0 Å². The zero-order valence-corrected chi connectivity index (χ0v) is 19.6. The fourth-order valence-corrected chi connectivity index (χ4v) is 9.40. The Hall–Kier alpha value is -0.520. The molecule has 0 bridgehead atoms. The minimum absolute atomic E-state index is 0.563. The molecule has 0 spiro atoms. The quantitative estimate of drug-likeness (QED) is 0.420. The smallest absolute Gasteiger partial charge is 0.00853 e. The molecule has 0 amide bonds. The highest BCUT2D eigenvalue weighted by molar-refractivity contribution is 5.24. The van der Waals surface area contributed by atoms with Crippen LogP contribution in [0.15, 0.2) is 23.8 Å². The van der Waals surface area contributed by atoms with E-state index in [0.29, 0.717) is 10.8 Å². The van der Waals surface area contributed by atoms with Crippen molar-refractivity contribution >= 4 is 0 Å². The van der Waals surface area contributed by atoms with Crippen LogP contribution >= 0.6 is 0 Å². The molecular formula is C29H46. The van der Waals surface area contributed by atoms with E-state index in [4.69, 9.17) is 0 Å². The Morgan fingerprint density at radius 3 is 2.55 bits per heavy atom. The van der Waals surface area contributed by atoms with Crippen LogP contribution in [0.25, 0.3) is 0 Å². The third kappa shape index (κ3) is 3.40. The van der Waals surface area contributed by atoms with Crippen molar-refractivity contribution in [2.45, 2.75) is 111 Å². The SMILES string of the molecule is CC(/C=C/C1CCCCC1)C1CCC2C3CC=C4CCCCC4(C)C3CCC12C. The minimum Gasteiger partial charge on any atom is -0.0851 e. The van der Waals surface area contributed by atoms with Crippen molar-refractivity contribution in [3.8, 4) is 0 Å². The fourth-order valence-electron chi connectivity index (χ4n) is 9.40. The Kier molecular flexibility index (Phi) is 5.53. The van der Waals surface area contributed by atoms with Gasteiger partial charge in [0.25, 0.3) is 0 Å². The van der Waals surface area contributed by atoms with Crippen LogP contribution in [0, 0.1) is 46.3 Å². The second-order valence-corrected chi connectivity index (χ2v) is 12.3. The van der Waals surface area contributed by atoms with Crippen molar-refractivity contribution in [3.05, 3.63) is 23.8 Å². The average molecular weight is 395 g/mol. The number of hydrogen-bond acceptors (Lipinski definition) is 0. The molecule has 4 saturated carbocycles. The number of hydrogen-bond donors (Lipinski definition) is 0. The lowest BCUT2D eigenvalue weighted by Gasteiger charge is -2.58. The summed E-state index contributed by atoms with van der Waals surface area (Å²) in [5.41, 5.74) is 3.04. The first-order valence-corrected chi connectivity index (χ1v) is 13.4. The molecule has 29 heavy (non-hydrogen) atoms. The summed E-state index contributed by atoms with van der Waals surface area (Å²) < 4.78 is 0. The molecule has 0 aromatic carbocycles. The highest BCUT2D eigenvalue weighted by Gasteiger charge is 2.58. The molecule has 7 unspecified atom stereocenters. The predicted octanol–water partition coefficient (Wildman–Crippen LogP) is 8.73. The lowest BCUT2D eigenvalue weighted by molar-refractivity contribution is -0.0462. The molecule has 162 valence electrons. The van der Waals surface area contributed by atoms with E-state index in [0.717, 1.165) is 35.5 Å². The van der Waals surface area contributed by atoms with Crippen LogP contribution < -0.4 is 0 Å². The number of allylic oxidation sites excluding steroid dienone is 4. The van der Waals surface area contributed by atoms with E-state index >= 15 is 0 Å². The molecular weight excluding hydrogens is 348 g/mol. The molecule has 0 aromatic rings. The van der Waals surface area contributed by atoms with Crippen LogP contribution in [0.1, 0.15) is 111 Å². The first-order chi connectivity index (χ1) is 14.0. The van der Waals surface area contributed by atoms with Gasteiger partial charge in [0, 0.05) is 0 Å². The van der Waals surface area contributed by atoms with E-state index < -0.39 is 0 Å². The Balaban J connectivity index is 1.32. The van der Waals surface area contributed by atoms with Crippen molar-refractivity contribution in [1.29, 1.82) is 0 Å². The summed E-state index contributed by atoms with van der Waals surface area (Å²) in [6.07, 6.45) is 28.6. The van der Waals surface area contributed by atoms with Crippen molar-refractivity contribution in [3.63, 3.8) is 0 Å². The van der Waals surface area contributed by atoms with Crippen LogP contribution in [-0.4, -0.2) is 0 Å². The molecule has 7 atom stereocenters. The van der Waals surface area contributed by atoms with Gasteiger partial charge in [-0.1, -0.05) is 70.3 Å². The summed E-state index contributed by atoms with van der Waals surface area (Å²) in [6.45, 7) is 7.95. The molecule has 4 fully saturated rings. The zero-order chi connectivity index (χ0) is 20.1. The maximum Gasteiger partial charge on any atom is -0.00853 e. The third-order valence-corrected chi connectivity index (χ3v) is 11.1. The van der Waals surface area contributed by atoms with E-state index in [1.807, 2.05) is 5.57 Å². The second kappa shape index (κ2) is 7.87. The van der Waals surface area contributed by atoms with E-state index in [1.165, 1.54) is 89.9 Å². The van der Waals surface area contributed by atoms with Crippen LogP contribution in [0.4, 0.5) is 0 Å². The van der Waals surface area contributed by atoms with Crippen molar-refractivity contribution < 1.29 is 0 Å². The van der Waals surface area contributed by atoms with E-state index in [2.05, 4.69) is 39.0 Å². The van der Waals surface area contributed by atoms with Gasteiger partial charge in [-0.3, -0.25) is 0 Å². The standard InChI is InChI=1S/C29H46/c1-21(12-13-22-9-5-4-6-10-22)25-16-17-26-24-15-14-23-11-7-8-19-28(23,2)27(24)18-20-29(25,26)3/h12-14,21-22,24-27H,4-11,15-20H2,1-3H3/b13-12+. The van der Waals surface area contributed by atoms with E-state index in [-0.39, 0.29) is 0 Å². The van der Waals surface area contributed by atoms with E-state index in [1.54, 1.807) is 0 Å². The third-order valence-electron chi connectivity index (χ3n) is 11.1. The highest BCUT2D eigenvalue weighted by atomic mass is 14.6. The summed E-state index contributed by atoms with van der Waals surface area (Å²) in [5, 5.41) is 0. The summed E-state index contributed by atoms with van der Waals surface area (Å²) in [7, 11) is 0. The molecule has 5 rings (SSSR count). The largest absolute Gasteiger partial charge is 0.0851 e. The van der Waals surface area contributed by atoms with Gasteiger partial charge in [0.05, 0.1) is 0 Å². The van der Waals surface area contributed by atoms with Gasteiger partial charge in [-0.2, -0.15) is 0 Å². The van der Waals surface area contributed by atoms with Gasteiger partial charge in [0.15, 0.2) is 0 Å². The average Bonchev–Trinajstić information content (AvgIpc) is 3.09. The maximum absolute atomic E-state index is 2.74. The number of rotatable bonds is 3. The van der Waals surface area contributed by atoms with Gasteiger partial charge in [0.2, 0.25) is 0 Å². The van der Waals surface area contributed by atoms with Gasteiger partial charge < -0.3 is 0 Å². The maximum atomic E-state index is 2.74. The summed E-state index contributed by atoms with van der Waals surface area (Å²) in [6, 6.07) is 0. The van der Waals surface area contributed by atoms with Gasteiger partial charge in [-0.05, 0) is 111 Å². The second-order valence-electron chi connectivity index (χ2n) is 12.3. The molecule has 0 radical (unpaired) electrons. The zero-order valence-electron chi connectivity index (χ0n) is 19.6. The molecule has 0 N–H and O–H groups in total. The van der Waals surface area contributed by atoms with Crippen LogP contribution in [0.3, 0.4) is 0 Å². The molecule has 0 saturated heterocycles. The molecule has 0 aliphatic heterocycles. The topological polar surface area (TPSA) is 0 Å². The van der Waals surface area contributed by atoms with Crippen LogP contribution in [0.5, 0.6) is 0 Å². The minimum atomic E-state index is 0.563. The molecule has 5 aliphatic rings. The molecule has 0 nitrogen and oxygen atoms in total. The molecule has 0 aromatic heterocycles. The van der Waals surface area contributed by atoms with Crippen molar-refractivity contribution in [2.75, 3.05) is 0 Å². The van der Waals surface area contributed by atoms with Gasteiger partial charge in [0.1, 0.15) is 0 Å². The Bertz CT molecular complexity index is 649. The van der Waals surface area contributed by atoms with Crippen molar-refractivity contribution in [2.24, 2.45) is 46.3 Å². The van der Waals surface area contributed by atoms with Crippen LogP contribution in [-0.2, 0) is 0 Å². The predicted molar refractivity (Wildman–Crippen MR) is 125 cm³/mol. The Labute approximate surface area is 181 Å². The first-order valence-electron chi connectivity index (χ1n) is 13.4. The normalized spacial score (nSPS) is 46.7. The Morgan fingerprint density at radius 1 is 0.897 bits per heavy atom. The van der Waals surface area contributed by atoms with Gasteiger partial charge >= 0.3 is 0 Å². The van der Waals surface area contributed by atoms with Gasteiger partial charge in [-0.15, -0.1) is 0 Å².